The smallest absolute Gasteiger partial charge is 0.264 e. The van der Waals surface area contributed by atoms with Gasteiger partial charge in [0.1, 0.15) is 5.75 Å². The summed E-state index contributed by atoms with van der Waals surface area (Å²) in [6.07, 6.45) is 3.73. The molecular weight excluding hydrogens is 446 g/mol. The first-order valence-corrected chi connectivity index (χ1v) is 11.9. The van der Waals surface area contributed by atoms with Gasteiger partial charge < -0.3 is 15.0 Å². The van der Waals surface area contributed by atoms with Gasteiger partial charge in [-0.05, 0) is 47.2 Å². The van der Waals surface area contributed by atoms with Crippen LogP contribution in [0.3, 0.4) is 0 Å². The molecule has 174 valence electrons. The average Bonchev–Trinajstić information content (AvgIpc) is 3.22. The second-order valence-corrected chi connectivity index (χ2v) is 9.07. The van der Waals surface area contributed by atoms with Crippen LogP contribution in [0.4, 0.5) is 0 Å². The molecular formula is C27H27N3O3S. The van der Waals surface area contributed by atoms with Crippen LogP contribution in [-0.4, -0.2) is 42.4 Å². The summed E-state index contributed by atoms with van der Waals surface area (Å²) in [5.41, 5.74) is 3.94. The van der Waals surface area contributed by atoms with Crippen LogP contribution in [0.1, 0.15) is 27.2 Å². The molecule has 0 saturated carbocycles. The predicted octanol–water partition coefficient (Wildman–Crippen LogP) is 5.06. The Morgan fingerprint density at radius 1 is 1.06 bits per heavy atom. The van der Waals surface area contributed by atoms with Gasteiger partial charge in [0, 0.05) is 43.0 Å². The number of thiophene rings is 1. The summed E-state index contributed by atoms with van der Waals surface area (Å²) in [5, 5.41) is 3.68. The molecule has 0 atom stereocenters. The number of hydrogen-bond donors (Lipinski definition) is 1. The van der Waals surface area contributed by atoms with Crippen LogP contribution >= 0.6 is 11.3 Å². The van der Waals surface area contributed by atoms with Crippen LogP contribution in [0.15, 0.2) is 67.0 Å². The number of hydrogen-bond acceptors (Lipinski definition) is 5. The molecule has 34 heavy (non-hydrogen) atoms. The van der Waals surface area contributed by atoms with E-state index in [2.05, 4.69) is 16.4 Å². The number of ether oxygens (including phenoxy) is 1. The molecule has 0 aliphatic carbocycles. The third kappa shape index (κ3) is 5.10. The average molecular weight is 474 g/mol. The van der Waals surface area contributed by atoms with E-state index in [4.69, 9.17) is 4.74 Å². The van der Waals surface area contributed by atoms with Crippen LogP contribution in [0, 0.1) is 6.92 Å². The Morgan fingerprint density at radius 3 is 2.59 bits per heavy atom. The van der Waals surface area contributed by atoms with Gasteiger partial charge in [0.05, 0.1) is 18.2 Å². The molecule has 4 aromatic rings. The topological polar surface area (TPSA) is 71.5 Å². The largest absolute Gasteiger partial charge is 0.495 e. The highest BCUT2D eigenvalue weighted by molar-refractivity contribution is 7.21. The Balaban J connectivity index is 1.67. The van der Waals surface area contributed by atoms with Crippen LogP contribution < -0.4 is 10.1 Å². The van der Waals surface area contributed by atoms with E-state index in [-0.39, 0.29) is 18.2 Å². The number of carbonyl (C=O) groups excluding carboxylic acids is 2. The van der Waals surface area contributed by atoms with Crippen LogP contribution in [0.5, 0.6) is 5.75 Å². The number of fused-ring (bicyclic) bond motifs is 1. The van der Waals surface area contributed by atoms with Crippen molar-refractivity contribution in [2.45, 2.75) is 19.9 Å². The van der Waals surface area contributed by atoms with Gasteiger partial charge in [-0.25, -0.2) is 0 Å². The Labute approximate surface area is 203 Å². The first-order chi connectivity index (χ1) is 16.5. The molecule has 1 N–H and O–H groups in total. The van der Waals surface area contributed by atoms with Crippen molar-refractivity contribution in [3.8, 4) is 16.9 Å². The van der Waals surface area contributed by atoms with E-state index >= 15 is 0 Å². The van der Waals surface area contributed by atoms with E-state index in [1.54, 1.807) is 31.5 Å². The van der Waals surface area contributed by atoms with Gasteiger partial charge in [0.25, 0.3) is 5.91 Å². The number of nitrogens with one attached hydrogen (secondary N) is 1. The van der Waals surface area contributed by atoms with Gasteiger partial charge in [0.2, 0.25) is 5.91 Å². The first kappa shape index (κ1) is 23.4. The number of rotatable bonds is 8. The highest BCUT2D eigenvalue weighted by atomic mass is 32.1. The molecule has 0 radical (unpaired) electrons. The molecule has 7 heteroatoms. The molecule has 2 heterocycles. The van der Waals surface area contributed by atoms with Crippen molar-refractivity contribution in [2.24, 2.45) is 0 Å². The number of aryl methyl sites for hydroxylation is 1. The molecule has 0 aliphatic heterocycles. The Bertz CT molecular complexity index is 1320. The summed E-state index contributed by atoms with van der Waals surface area (Å²) in [4.78, 5) is 32.3. The molecule has 6 nitrogen and oxygen atoms in total. The van der Waals surface area contributed by atoms with Crippen molar-refractivity contribution in [3.63, 3.8) is 0 Å². The maximum Gasteiger partial charge on any atom is 0.264 e. The Hall–Kier alpha value is -3.71. The number of methoxy groups -OCH3 is 1. The normalized spacial score (nSPS) is 10.8. The standard InChI is InChI=1S/C27H27N3O3S/c1-18-23-14-20(21-13-22(33-3)16-29-15-21)9-10-24(23)34-26(18)27(32)30(12-11-25(31)28-2)17-19-7-5-4-6-8-19/h4-10,13-16H,11-12,17H2,1-3H3,(H,28,31). The van der Waals surface area contributed by atoms with Crippen LogP contribution in [-0.2, 0) is 11.3 Å². The van der Waals surface area contributed by atoms with E-state index in [0.717, 1.165) is 32.3 Å². The summed E-state index contributed by atoms with van der Waals surface area (Å²) >= 11 is 1.49. The van der Waals surface area contributed by atoms with E-state index in [0.29, 0.717) is 23.7 Å². The van der Waals surface area contributed by atoms with Gasteiger partial charge in [-0.1, -0.05) is 36.4 Å². The molecule has 0 unspecified atom stereocenters. The highest BCUT2D eigenvalue weighted by Gasteiger charge is 2.22. The van der Waals surface area contributed by atoms with Crippen molar-refractivity contribution in [1.29, 1.82) is 0 Å². The summed E-state index contributed by atoms with van der Waals surface area (Å²) in [5.74, 6) is 0.551. The number of aromatic nitrogens is 1. The summed E-state index contributed by atoms with van der Waals surface area (Å²) in [7, 11) is 3.23. The molecule has 0 spiro atoms. The van der Waals surface area contributed by atoms with Crippen LogP contribution in [0.2, 0.25) is 0 Å². The molecule has 0 fully saturated rings. The third-order valence-electron chi connectivity index (χ3n) is 5.80. The third-order valence-corrected chi connectivity index (χ3v) is 7.06. The maximum absolute atomic E-state index is 13.7. The summed E-state index contributed by atoms with van der Waals surface area (Å²) < 4.78 is 6.35. The van der Waals surface area contributed by atoms with Crippen LogP contribution in [0.25, 0.3) is 21.2 Å². The number of carbonyl (C=O) groups is 2. The quantitative estimate of drug-likeness (QED) is 0.388. The summed E-state index contributed by atoms with van der Waals surface area (Å²) in [6, 6.07) is 18.0. The predicted molar refractivity (Wildman–Crippen MR) is 136 cm³/mol. The van der Waals surface area contributed by atoms with Crippen molar-refractivity contribution < 1.29 is 14.3 Å². The van der Waals surface area contributed by atoms with Gasteiger partial charge in [-0.3, -0.25) is 14.6 Å². The molecule has 0 aliphatic rings. The van der Waals surface area contributed by atoms with Crippen molar-refractivity contribution in [1.82, 2.24) is 15.2 Å². The SMILES string of the molecule is CNC(=O)CCN(Cc1ccccc1)C(=O)c1sc2ccc(-c3cncc(OC)c3)cc2c1C. The van der Waals surface area contributed by atoms with Crippen molar-refractivity contribution in [3.05, 3.63) is 83.0 Å². The molecule has 4 rings (SSSR count). The monoisotopic (exact) mass is 473 g/mol. The molecule has 2 aromatic heterocycles. The van der Waals surface area contributed by atoms with Gasteiger partial charge in [-0.2, -0.15) is 0 Å². The lowest BCUT2D eigenvalue weighted by Crippen LogP contribution is -2.34. The molecule has 2 aromatic carbocycles. The lowest BCUT2D eigenvalue weighted by atomic mass is 10.0. The minimum Gasteiger partial charge on any atom is -0.495 e. The second kappa shape index (κ2) is 10.5. The van der Waals surface area contributed by atoms with Crippen molar-refractivity contribution in [2.75, 3.05) is 20.7 Å². The second-order valence-electron chi connectivity index (χ2n) is 8.02. The van der Waals surface area contributed by atoms with Gasteiger partial charge in [0.15, 0.2) is 0 Å². The zero-order valence-electron chi connectivity index (χ0n) is 19.5. The fourth-order valence-corrected chi connectivity index (χ4v) is 5.01. The molecule has 0 saturated heterocycles. The number of nitrogens with zero attached hydrogens (tertiary/aromatic N) is 2. The zero-order valence-corrected chi connectivity index (χ0v) is 20.3. The fraction of sp³-hybridized carbons (Fsp3) is 0.222. The van der Waals surface area contributed by atoms with Crippen molar-refractivity contribution >= 4 is 33.2 Å². The Morgan fingerprint density at radius 2 is 1.85 bits per heavy atom. The van der Waals surface area contributed by atoms with E-state index in [1.807, 2.05) is 55.5 Å². The zero-order chi connectivity index (χ0) is 24.1. The Kier molecular flexibility index (Phi) is 7.23. The molecule has 2 amide bonds. The van der Waals surface area contributed by atoms with E-state index in [9.17, 15) is 9.59 Å². The fourth-order valence-electron chi connectivity index (χ4n) is 3.85. The lowest BCUT2D eigenvalue weighted by Gasteiger charge is -2.22. The number of amides is 2. The maximum atomic E-state index is 13.7. The van der Waals surface area contributed by atoms with Gasteiger partial charge in [-0.15, -0.1) is 11.3 Å². The van der Waals surface area contributed by atoms with E-state index < -0.39 is 0 Å². The minimum absolute atomic E-state index is 0.0592. The van der Waals surface area contributed by atoms with E-state index in [1.165, 1.54) is 11.3 Å². The number of pyridine rings is 1. The van der Waals surface area contributed by atoms with Gasteiger partial charge >= 0.3 is 0 Å². The summed E-state index contributed by atoms with van der Waals surface area (Å²) in [6.45, 7) is 2.78. The minimum atomic E-state index is -0.0875. The molecule has 0 bridgehead atoms. The first-order valence-electron chi connectivity index (χ1n) is 11.1. The number of benzene rings is 2. The highest BCUT2D eigenvalue weighted by Crippen LogP contribution is 2.35. The lowest BCUT2D eigenvalue weighted by molar-refractivity contribution is -0.120.